The maximum absolute atomic E-state index is 3.67. The first-order chi connectivity index (χ1) is 7.10. The predicted molar refractivity (Wildman–Crippen MR) is 70.7 cm³/mol. The molecule has 1 atom stereocenters. The molecular formula is C12H26N2S. The van der Waals surface area contributed by atoms with Gasteiger partial charge >= 0.3 is 0 Å². The summed E-state index contributed by atoms with van der Waals surface area (Å²) in [7, 11) is 0. The van der Waals surface area contributed by atoms with E-state index in [-0.39, 0.29) is 0 Å². The Labute approximate surface area is 99.2 Å². The van der Waals surface area contributed by atoms with Crippen molar-refractivity contribution in [2.45, 2.75) is 45.2 Å². The molecule has 1 aliphatic heterocycles. The van der Waals surface area contributed by atoms with Crippen molar-refractivity contribution in [1.29, 1.82) is 0 Å². The molecule has 0 saturated carbocycles. The summed E-state index contributed by atoms with van der Waals surface area (Å²) < 4.78 is 0. The number of hydrogen-bond acceptors (Lipinski definition) is 3. The highest BCUT2D eigenvalue weighted by molar-refractivity contribution is 7.98. The Morgan fingerprint density at radius 3 is 2.80 bits per heavy atom. The van der Waals surface area contributed by atoms with Crippen LogP contribution in [0.3, 0.4) is 0 Å². The van der Waals surface area contributed by atoms with Gasteiger partial charge in [-0.25, -0.2) is 0 Å². The number of nitrogens with one attached hydrogen (secondary N) is 1. The maximum atomic E-state index is 3.67. The van der Waals surface area contributed by atoms with E-state index in [1.165, 1.54) is 31.7 Å². The van der Waals surface area contributed by atoms with Crippen LogP contribution in [0.5, 0.6) is 0 Å². The summed E-state index contributed by atoms with van der Waals surface area (Å²) in [5.74, 6) is 1.25. The molecule has 15 heavy (non-hydrogen) atoms. The van der Waals surface area contributed by atoms with Gasteiger partial charge < -0.3 is 5.32 Å². The molecule has 1 heterocycles. The molecule has 1 aliphatic rings. The van der Waals surface area contributed by atoms with Crippen LogP contribution in [0.4, 0.5) is 0 Å². The van der Waals surface area contributed by atoms with E-state index < -0.39 is 0 Å². The number of nitrogens with zero attached hydrogens (tertiary/aromatic N) is 1. The zero-order chi connectivity index (χ0) is 11.3. The van der Waals surface area contributed by atoms with E-state index >= 15 is 0 Å². The van der Waals surface area contributed by atoms with Gasteiger partial charge in [0, 0.05) is 37.0 Å². The van der Waals surface area contributed by atoms with Gasteiger partial charge in [0.2, 0.25) is 0 Å². The van der Waals surface area contributed by atoms with E-state index in [2.05, 4.69) is 37.2 Å². The molecule has 0 aromatic rings. The molecule has 2 nitrogen and oxygen atoms in total. The van der Waals surface area contributed by atoms with Gasteiger partial charge in [0.1, 0.15) is 0 Å². The third-order valence-corrected chi connectivity index (χ3v) is 3.91. The molecule has 3 heteroatoms. The SMILES string of the molecule is CCCC1CN(CCSC)C(C)(C)CN1. The predicted octanol–water partition coefficient (Wildman–Crippen LogP) is 2.20. The molecule has 1 N–H and O–H groups in total. The number of hydrogen-bond donors (Lipinski definition) is 1. The molecule has 1 rings (SSSR count). The summed E-state index contributed by atoms with van der Waals surface area (Å²) in [5, 5.41) is 3.67. The molecule has 0 spiro atoms. The quantitative estimate of drug-likeness (QED) is 0.779. The second kappa shape index (κ2) is 6.12. The van der Waals surface area contributed by atoms with Crippen LogP contribution in [-0.2, 0) is 0 Å². The first-order valence-corrected chi connectivity index (χ1v) is 7.47. The van der Waals surface area contributed by atoms with E-state index in [0.717, 1.165) is 6.54 Å². The lowest BCUT2D eigenvalue weighted by molar-refractivity contribution is 0.0706. The third-order valence-electron chi connectivity index (χ3n) is 3.32. The number of rotatable bonds is 5. The maximum Gasteiger partial charge on any atom is 0.0278 e. The van der Waals surface area contributed by atoms with Gasteiger partial charge in [-0.3, -0.25) is 4.90 Å². The summed E-state index contributed by atoms with van der Waals surface area (Å²) >= 11 is 1.95. The summed E-state index contributed by atoms with van der Waals surface area (Å²) in [5.41, 5.74) is 0.333. The van der Waals surface area contributed by atoms with E-state index in [9.17, 15) is 0 Å². The summed E-state index contributed by atoms with van der Waals surface area (Å²) in [6.45, 7) is 10.6. The average molecular weight is 230 g/mol. The molecule has 0 radical (unpaired) electrons. The highest BCUT2D eigenvalue weighted by Gasteiger charge is 2.32. The Bertz CT molecular complexity index is 182. The van der Waals surface area contributed by atoms with Crippen molar-refractivity contribution in [1.82, 2.24) is 10.2 Å². The molecule has 1 saturated heterocycles. The van der Waals surface area contributed by atoms with Crippen molar-refractivity contribution < 1.29 is 0 Å². The number of thioether (sulfide) groups is 1. The zero-order valence-corrected chi connectivity index (χ0v) is 11.5. The van der Waals surface area contributed by atoms with Gasteiger partial charge in [0.25, 0.3) is 0 Å². The van der Waals surface area contributed by atoms with Gasteiger partial charge in [-0.2, -0.15) is 11.8 Å². The fraction of sp³-hybridized carbons (Fsp3) is 1.00. The first-order valence-electron chi connectivity index (χ1n) is 6.07. The zero-order valence-electron chi connectivity index (χ0n) is 10.7. The molecule has 0 aliphatic carbocycles. The Morgan fingerprint density at radius 1 is 1.47 bits per heavy atom. The standard InChI is InChI=1S/C12H26N2S/c1-5-6-11-9-14(7-8-15-4)12(2,3)10-13-11/h11,13H,5-10H2,1-4H3. The average Bonchev–Trinajstić information content (AvgIpc) is 2.19. The fourth-order valence-electron chi connectivity index (χ4n) is 2.22. The van der Waals surface area contributed by atoms with Crippen LogP contribution < -0.4 is 5.32 Å². The third kappa shape index (κ3) is 3.97. The van der Waals surface area contributed by atoms with Crippen LogP contribution in [0, 0.1) is 0 Å². The number of piperazine rings is 1. The second-order valence-electron chi connectivity index (χ2n) is 5.12. The van der Waals surface area contributed by atoms with Crippen molar-refractivity contribution in [2.75, 3.05) is 31.6 Å². The summed E-state index contributed by atoms with van der Waals surface area (Å²) in [6.07, 6.45) is 4.79. The molecule has 0 bridgehead atoms. The van der Waals surface area contributed by atoms with Gasteiger partial charge in [-0.15, -0.1) is 0 Å². The van der Waals surface area contributed by atoms with E-state index in [1.807, 2.05) is 11.8 Å². The largest absolute Gasteiger partial charge is 0.311 e. The smallest absolute Gasteiger partial charge is 0.0278 e. The molecule has 0 aromatic heterocycles. The molecular weight excluding hydrogens is 204 g/mol. The van der Waals surface area contributed by atoms with Crippen LogP contribution in [0.1, 0.15) is 33.6 Å². The minimum atomic E-state index is 0.333. The Balaban J connectivity index is 2.46. The molecule has 90 valence electrons. The van der Waals surface area contributed by atoms with Crippen molar-refractivity contribution in [3.63, 3.8) is 0 Å². The van der Waals surface area contributed by atoms with Gasteiger partial charge in [0.15, 0.2) is 0 Å². The Hall–Kier alpha value is 0.270. The molecule has 0 aromatic carbocycles. The van der Waals surface area contributed by atoms with Gasteiger partial charge in [0.05, 0.1) is 0 Å². The van der Waals surface area contributed by atoms with Crippen molar-refractivity contribution in [3.05, 3.63) is 0 Å². The summed E-state index contributed by atoms with van der Waals surface area (Å²) in [4.78, 5) is 2.65. The molecule has 1 fully saturated rings. The van der Waals surface area contributed by atoms with E-state index in [0.29, 0.717) is 11.6 Å². The lowest BCUT2D eigenvalue weighted by Crippen LogP contribution is -2.62. The van der Waals surface area contributed by atoms with Crippen LogP contribution in [0.15, 0.2) is 0 Å². The monoisotopic (exact) mass is 230 g/mol. The molecule has 1 unspecified atom stereocenters. The Morgan fingerprint density at radius 2 is 2.20 bits per heavy atom. The van der Waals surface area contributed by atoms with Crippen molar-refractivity contribution in [3.8, 4) is 0 Å². The van der Waals surface area contributed by atoms with Crippen LogP contribution in [-0.4, -0.2) is 48.1 Å². The minimum absolute atomic E-state index is 0.333. The van der Waals surface area contributed by atoms with E-state index in [1.54, 1.807) is 0 Å². The highest BCUT2D eigenvalue weighted by Crippen LogP contribution is 2.20. The van der Waals surface area contributed by atoms with Gasteiger partial charge in [-0.05, 0) is 26.5 Å². The van der Waals surface area contributed by atoms with Crippen LogP contribution in [0.25, 0.3) is 0 Å². The summed E-state index contributed by atoms with van der Waals surface area (Å²) in [6, 6.07) is 0.713. The normalized spacial score (nSPS) is 26.8. The topological polar surface area (TPSA) is 15.3 Å². The lowest BCUT2D eigenvalue weighted by atomic mass is 9.96. The fourth-order valence-corrected chi connectivity index (χ4v) is 2.62. The Kier molecular flexibility index (Phi) is 5.44. The van der Waals surface area contributed by atoms with Crippen molar-refractivity contribution in [2.24, 2.45) is 0 Å². The lowest BCUT2D eigenvalue weighted by Gasteiger charge is -2.46. The van der Waals surface area contributed by atoms with Crippen LogP contribution in [0.2, 0.25) is 0 Å². The van der Waals surface area contributed by atoms with Crippen molar-refractivity contribution >= 4 is 11.8 Å². The van der Waals surface area contributed by atoms with E-state index in [4.69, 9.17) is 0 Å². The highest BCUT2D eigenvalue weighted by atomic mass is 32.2. The second-order valence-corrected chi connectivity index (χ2v) is 6.10. The van der Waals surface area contributed by atoms with Crippen LogP contribution >= 0.6 is 11.8 Å². The molecule has 0 amide bonds. The van der Waals surface area contributed by atoms with Gasteiger partial charge in [-0.1, -0.05) is 13.3 Å². The minimum Gasteiger partial charge on any atom is -0.311 e. The first kappa shape index (κ1) is 13.3.